The van der Waals surface area contributed by atoms with Crippen LogP contribution < -0.4 is 5.73 Å². The second-order valence-corrected chi connectivity index (χ2v) is 4.45. The molecule has 2 heterocycles. The molecule has 0 amide bonds. The molecular formula is C7H9NS2. The molecule has 2 rings (SSSR count). The molecule has 1 aromatic rings. The predicted octanol–water partition coefficient (Wildman–Crippen LogP) is 1.99. The molecule has 1 aliphatic rings. The molecule has 1 nitrogen and oxygen atoms in total. The van der Waals surface area contributed by atoms with E-state index in [1.165, 1.54) is 16.2 Å². The summed E-state index contributed by atoms with van der Waals surface area (Å²) in [7, 11) is 0. The minimum Gasteiger partial charge on any atom is -0.323 e. The van der Waals surface area contributed by atoms with Gasteiger partial charge in [0.05, 0.1) is 0 Å². The van der Waals surface area contributed by atoms with Gasteiger partial charge in [-0.25, -0.2) is 0 Å². The molecule has 10 heavy (non-hydrogen) atoms. The highest BCUT2D eigenvalue weighted by atomic mass is 32.2. The van der Waals surface area contributed by atoms with Crippen molar-refractivity contribution >= 4 is 23.1 Å². The standard InChI is InChI=1S/C7H9NS2/c8-6-3-9-4-7-5(6)1-2-10-7/h1-2,6H,3-4,8H2. The molecule has 1 aliphatic heterocycles. The van der Waals surface area contributed by atoms with E-state index in [1.54, 1.807) is 0 Å². The normalized spacial score (nSPS) is 24.3. The molecule has 0 saturated heterocycles. The summed E-state index contributed by atoms with van der Waals surface area (Å²) in [6, 6.07) is 2.45. The van der Waals surface area contributed by atoms with Crippen molar-refractivity contribution in [3.05, 3.63) is 21.9 Å². The Morgan fingerprint density at radius 3 is 3.30 bits per heavy atom. The minimum absolute atomic E-state index is 0.292. The van der Waals surface area contributed by atoms with Gasteiger partial charge in [-0.1, -0.05) is 0 Å². The lowest BCUT2D eigenvalue weighted by molar-refractivity contribution is 0.818. The topological polar surface area (TPSA) is 26.0 Å². The van der Waals surface area contributed by atoms with Crippen molar-refractivity contribution < 1.29 is 0 Å². The van der Waals surface area contributed by atoms with Crippen molar-refractivity contribution in [1.82, 2.24) is 0 Å². The van der Waals surface area contributed by atoms with Crippen LogP contribution in [0.15, 0.2) is 11.4 Å². The van der Waals surface area contributed by atoms with Gasteiger partial charge < -0.3 is 5.73 Å². The third-order valence-electron chi connectivity index (χ3n) is 1.71. The number of thioether (sulfide) groups is 1. The van der Waals surface area contributed by atoms with Crippen LogP contribution in [0, 0.1) is 0 Å². The first-order valence-electron chi connectivity index (χ1n) is 3.27. The zero-order valence-electron chi connectivity index (χ0n) is 5.54. The van der Waals surface area contributed by atoms with Crippen molar-refractivity contribution in [3.8, 4) is 0 Å². The third-order valence-corrected chi connectivity index (χ3v) is 3.92. The van der Waals surface area contributed by atoms with Crippen LogP contribution in [-0.2, 0) is 5.75 Å². The molecule has 2 N–H and O–H groups in total. The summed E-state index contributed by atoms with van der Waals surface area (Å²) in [5.41, 5.74) is 7.26. The number of hydrogen-bond donors (Lipinski definition) is 1. The molecule has 0 bridgehead atoms. The minimum atomic E-state index is 0.292. The van der Waals surface area contributed by atoms with Gasteiger partial charge in [0.1, 0.15) is 0 Å². The summed E-state index contributed by atoms with van der Waals surface area (Å²) in [6.45, 7) is 0. The highest BCUT2D eigenvalue weighted by Crippen LogP contribution is 2.33. The zero-order chi connectivity index (χ0) is 6.97. The van der Waals surface area contributed by atoms with Crippen molar-refractivity contribution in [3.63, 3.8) is 0 Å². The van der Waals surface area contributed by atoms with Crippen LogP contribution in [0.5, 0.6) is 0 Å². The molecule has 0 fully saturated rings. The van der Waals surface area contributed by atoms with E-state index in [0.29, 0.717) is 6.04 Å². The second kappa shape index (κ2) is 2.57. The number of fused-ring (bicyclic) bond motifs is 1. The fourth-order valence-electron chi connectivity index (χ4n) is 1.17. The summed E-state index contributed by atoms with van der Waals surface area (Å²) in [4.78, 5) is 1.48. The van der Waals surface area contributed by atoms with Gasteiger partial charge in [0.25, 0.3) is 0 Å². The Balaban J connectivity index is 2.41. The van der Waals surface area contributed by atoms with Gasteiger partial charge in [-0.3, -0.25) is 0 Å². The number of hydrogen-bond acceptors (Lipinski definition) is 3. The zero-order valence-corrected chi connectivity index (χ0v) is 7.17. The highest BCUT2D eigenvalue weighted by molar-refractivity contribution is 7.98. The van der Waals surface area contributed by atoms with Crippen LogP contribution in [-0.4, -0.2) is 5.75 Å². The first kappa shape index (κ1) is 6.70. The maximum absolute atomic E-state index is 5.88. The van der Waals surface area contributed by atoms with Crippen LogP contribution in [0.4, 0.5) is 0 Å². The van der Waals surface area contributed by atoms with Crippen molar-refractivity contribution in [2.45, 2.75) is 11.8 Å². The fraction of sp³-hybridized carbons (Fsp3) is 0.429. The Morgan fingerprint density at radius 2 is 2.50 bits per heavy atom. The molecule has 0 saturated carbocycles. The summed E-state index contributed by atoms with van der Waals surface area (Å²) in [5, 5.41) is 2.14. The van der Waals surface area contributed by atoms with Crippen LogP contribution in [0.3, 0.4) is 0 Å². The van der Waals surface area contributed by atoms with Crippen molar-refractivity contribution in [1.29, 1.82) is 0 Å². The van der Waals surface area contributed by atoms with E-state index in [2.05, 4.69) is 11.4 Å². The van der Waals surface area contributed by atoms with E-state index < -0.39 is 0 Å². The Hall–Kier alpha value is 0.0100. The molecule has 0 aromatic carbocycles. The number of nitrogens with two attached hydrogens (primary N) is 1. The van der Waals surface area contributed by atoms with Gasteiger partial charge in [0.15, 0.2) is 0 Å². The largest absolute Gasteiger partial charge is 0.323 e. The smallest absolute Gasteiger partial charge is 0.0398 e. The molecule has 0 aliphatic carbocycles. The molecular weight excluding hydrogens is 162 g/mol. The van der Waals surface area contributed by atoms with E-state index >= 15 is 0 Å². The number of rotatable bonds is 0. The van der Waals surface area contributed by atoms with Gasteiger partial charge in [-0.15, -0.1) is 11.3 Å². The molecule has 1 aromatic heterocycles. The Labute approximate surface area is 68.6 Å². The molecule has 1 atom stereocenters. The lowest BCUT2D eigenvalue weighted by Gasteiger charge is -2.17. The lowest BCUT2D eigenvalue weighted by Crippen LogP contribution is -2.16. The molecule has 1 unspecified atom stereocenters. The van der Waals surface area contributed by atoms with Crippen molar-refractivity contribution in [2.24, 2.45) is 5.73 Å². The highest BCUT2D eigenvalue weighted by Gasteiger charge is 2.17. The molecule has 0 radical (unpaired) electrons. The van der Waals surface area contributed by atoms with Crippen LogP contribution in [0.2, 0.25) is 0 Å². The van der Waals surface area contributed by atoms with Gasteiger partial charge in [0.2, 0.25) is 0 Å². The second-order valence-electron chi connectivity index (χ2n) is 2.42. The Bertz CT molecular complexity index is 231. The van der Waals surface area contributed by atoms with Gasteiger partial charge >= 0.3 is 0 Å². The summed E-state index contributed by atoms with van der Waals surface area (Å²) >= 11 is 3.76. The lowest BCUT2D eigenvalue weighted by atomic mass is 10.1. The molecule has 3 heteroatoms. The average molecular weight is 171 g/mol. The van der Waals surface area contributed by atoms with E-state index in [9.17, 15) is 0 Å². The maximum Gasteiger partial charge on any atom is 0.0398 e. The average Bonchev–Trinajstić information content (AvgIpc) is 2.36. The van der Waals surface area contributed by atoms with Gasteiger partial charge in [0, 0.05) is 22.4 Å². The predicted molar refractivity (Wildman–Crippen MR) is 47.4 cm³/mol. The van der Waals surface area contributed by atoms with E-state index in [0.717, 1.165) is 5.75 Å². The first-order valence-corrected chi connectivity index (χ1v) is 5.31. The monoisotopic (exact) mass is 171 g/mol. The fourth-order valence-corrected chi connectivity index (χ4v) is 3.33. The maximum atomic E-state index is 5.88. The first-order chi connectivity index (χ1) is 4.88. The van der Waals surface area contributed by atoms with Gasteiger partial charge in [-0.2, -0.15) is 11.8 Å². The summed E-state index contributed by atoms with van der Waals surface area (Å²) in [6.07, 6.45) is 0. The van der Waals surface area contributed by atoms with Crippen LogP contribution >= 0.6 is 23.1 Å². The molecule has 54 valence electrons. The quantitative estimate of drug-likeness (QED) is 0.646. The van der Waals surface area contributed by atoms with E-state index in [-0.39, 0.29) is 0 Å². The van der Waals surface area contributed by atoms with Crippen molar-refractivity contribution in [2.75, 3.05) is 5.75 Å². The van der Waals surface area contributed by atoms with Gasteiger partial charge in [-0.05, 0) is 17.0 Å². The Morgan fingerprint density at radius 1 is 1.60 bits per heavy atom. The summed E-state index contributed by atoms with van der Waals surface area (Å²) in [5.74, 6) is 2.25. The van der Waals surface area contributed by atoms with E-state index in [4.69, 9.17) is 5.73 Å². The molecule has 0 spiro atoms. The number of thiophene rings is 1. The SMILES string of the molecule is NC1CSCc2sccc21. The van der Waals surface area contributed by atoms with Crippen LogP contribution in [0.25, 0.3) is 0 Å². The van der Waals surface area contributed by atoms with E-state index in [1.807, 2.05) is 23.1 Å². The van der Waals surface area contributed by atoms with Crippen LogP contribution in [0.1, 0.15) is 16.5 Å². The Kier molecular flexibility index (Phi) is 1.72. The summed E-state index contributed by atoms with van der Waals surface area (Å²) < 4.78 is 0. The third kappa shape index (κ3) is 0.983.